The fourth-order valence-electron chi connectivity index (χ4n) is 2.80. The van der Waals surface area contributed by atoms with E-state index in [0.29, 0.717) is 6.61 Å². The Balaban J connectivity index is 1.65. The molecule has 0 saturated carbocycles. The monoisotopic (exact) mass is 256 g/mol. The van der Waals surface area contributed by atoms with Gasteiger partial charge < -0.3 is 9.30 Å². The number of nitrogens with zero attached hydrogens (tertiary/aromatic N) is 2. The van der Waals surface area contributed by atoms with Gasteiger partial charge in [-0.1, -0.05) is 18.2 Å². The Morgan fingerprint density at radius 3 is 2.79 bits per heavy atom. The van der Waals surface area contributed by atoms with Crippen LogP contribution in [-0.2, 0) is 19.4 Å². The minimum Gasteiger partial charge on any atom is -0.492 e. The molecule has 1 aromatic carbocycles. The first-order chi connectivity index (χ1) is 9.34. The Hall–Kier alpha value is -1.77. The molecule has 1 aliphatic rings. The van der Waals surface area contributed by atoms with Crippen LogP contribution in [0.25, 0.3) is 0 Å². The van der Waals surface area contributed by atoms with E-state index in [1.807, 2.05) is 30.3 Å². The van der Waals surface area contributed by atoms with E-state index >= 15 is 0 Å². The van der Waals surface area contributed by atoms with Crippen molar-refractivity contribution in [3.8, 4) is 5.75 Å². The number of para-hydroxylation sites is 1. The molecule has 0 fully saturated rings. The van der Waals surface area contributed by atoms with Crippen molar-refractivity contribution in [2.45, 2.75) is 39.2 Å². The smallest absolute Gasteiger partial charge is 0.119 e. The van der Waals surface area contributed by atoms with Crippen LogP contribution in [0.2, 0.25) is 0 Å². The van der Waals surface area contributed by atoms with E-state index in [4.69, 9.17) is 4.74 Å². The number of benzene rings is 1. The summed E-state index contributed by atoms with van der Waals surface area (Å²) in [5.41, 5.74) is 2.74. The average molecular weight is 256 g/mol. The molecule has 0 spiro atoms. The largest absolute Gasteiger partial charge is 0.492 e. The zero-order valence-electron chi connectivity index (χ0n) is 11.4. The molecule has 2 aromatic rings. The van der Waals surface area contributed by atoms with Crippen LogP contribution in [0, 0.1) is 6.92 Å². The highest BCUT2D eigenvalue weighted by molar-refractivity contribution is 5.21. The van der Waals surface area contributed by atoms with Gasteiger partial charge in [0.25, 0.3) is 0 Å². The highest BCUT2D eigenvalue weighted by Crippen LogP contribution is 2.22. The summed E-state index contributed by atoms with van der Waals surface area (Å²) >= 11 is 0. The zero-order valence-corrected chi connectivity index (χ0v) is 11.4. The molecule has 100 valence electrons. The van der Waals surface area contributed by atoms with E-state index in [-0.39, 0.29) is 0 Å². The molecule has 1 heterocycles. The Morgan fingerprint density at radius 1 is 1.16 bits per heavy atom. The van der Waals surface area contributed by atoms with Gasteiger partial charge in [0.05, 0.1) is 12.2 Å². The predicted molar refractivity (Wildman–Crippen MR) is 75.5 cm³/mol. The van der Waals surface area contributed by atoms with Crippen LogP contribution in [0.5, 0.6) is 5.75 Å². The Kier molecular flexibility index (Phi) is 3.53. The normalized spacial score (nSPS) is 14.2. The van der Waals surface area contributed by atoms with Gasteiger partial charge in [-0.3, -0.25) is 0 Å². The molecule has 19 heavy (non-hydrogen) atoms. The fraction of sp³-hybridized carbons (Fsp3) is 0.438. The lowest BCUT2D eigenvalue weighted by molar-refractivity contribution is 0.294. The lowest BCUT2D eigenvalue weighted by atomic mass is 10.0. The van der Waals surface area contributed by atoms with Crippen LogP contribution in [0.15, 0.2) is 30.3 Å². The van der Waals surface area contributed by atoms with Gasteiger partial charge in [-0.2, -0.15) is 0 Å². The maximum absolute atomic E-state index is 5.78. The maximum atomic E-state index is 5.78. The molecule has 3 rings (SSSR count). The molecule has 0 atom stereocenters. The number of ether oxygens (including phenoxy) is 1. The number of fused-ring (bicyclic) bond motifs is 1. The second-order valence-corrected chi connectivity index (χ2v) is 5.07. The van der Waals surface area contributed by atoms with Crippen LogP contribution in [0.4, 0.5) is 0 Å². The molecular weight excluding hydrogens is 236 g/mol. The van der Waals surface area contributed by atoms with E-state index in [9.17, 15) is 0 Å². The first kappa shape index (κ1) is 12.3. The molecule has 0 saturated heterocycles. The van der Waals surface area contributed by atoms with Crippen molar-refractivity contribution < 1.29 is 4.74 Å². The SMILES string of the molecule is Cc1nc2c(n1CCOc1ccccc1)CCCC2. The van der Waals surface area contributed by atoms with Gasteiger partial charge in [0.15, 0.2) is 0 Å². The molecule has 0 N–H and O–H groups in total. The number of aryl methyl sites for hydroxylation is 2. The van der Waals surface area contributed by atoms with Crippen molar-refractivity contribution in [2.24, 2.45) is 0 Å². The summed E-state index contributed by atoms with van der Waals surface area (Å²) < 4.78 is 8.11. The summed E-state index contributed by atoms with van der Waals surface area (Å²) in [5, 5.41) is 0. The van der Waals surface area contributed by atoms with Crippen molar-refractivity contribution in [2.75, 3.05) is 6.61 Å². The lowest BCUT2D eigenvalue weighted by Gasteiger charge is -2.15. The van der Waals surface area contributed by atoms with E-state index in [1.54, 1.807) is 0 Å². The Morgan fingerprint density at radius 2 is 1.95 bits per heavy atom. The van der Waals surface area contributed by atoms with Crippen LogP contribution in [0.1, 0.15) is 30.1 Å². The first-order valence-corrected chi connectivity index (χ1v) is 7.07. The summed E-state index contributed by atoms with van der Waals surface area (Å²) in [7, 11) is 0. The maximum Gasteiger partial charge on any atom is 0.119 e. The molecule has 1 aromatic heterocycles. The number of rotatable bonds is 4. The van der Waals surface area contributed by atoms with Gasteiger partial charge in [-0.25, -0.2) is 4.98 Å². The van der Waals surface area contributed by atoms with Crippen LogP contribution in [0.3, 0.4) is 0 Å². The van der Waals surface area contributed by atoms with Crippen molar-refractivity contribution in [1.82, 2.24) is 9.55 Å². The molecule has 1 aliphatic carbocycles. The first-order valence-electron chi connectivity index (χ1n) is 7.07. The van der Waals surface area contributed by atoms with Crippen molar-refractivity contribution in [3.05, 3.63) is 47.5 Å². The van der Waals surface area contributed by atoms with Gasteiger partial charge >= 0.3 is 0 Å². The molecule has 0 amide bonds. The average Bonchev–Trinajstić information content (AvgIpc) is 2.76. The van der Waals surface area contributed by atoms with Gasteiger partial charge in [-0.05, 0) is 44.7 Å². The summed E-state index contributed by atoms with van der Waals surface area (Å²) in [5.74, 6) is 2.07. The zero-order chi connectivity index (χ0) is 13.1. The van der Waals surface area contributed by atoms with Crippen LogP contribution >= 0.6 is 0 Å². The second kappa shape index (κ2) is 5.47. The third-order valence-electron chi connectivity index (χ3n) is 3.75. The predicted octanol–water partition coefficient (Wildman–Crippen LogP) is 3.15. The molecule has 0 aliphatic heterocycles. The Bertz CT molecular complexity index is 545. The summed E-state index contributed by atoms with van der Waals surface area (Å²) in [6.07, 6.45) is 4.88. The molecule has 0 unspecified atom stereocenters. The highest BCUT2D eigenvalue weighted by Gasteiger charge is 2.17. The minimum atomic E-state index is 0.702. The fourth-order valence-corrected chi connectivity index (χ4v) is 2.80. The van der Waals surface area contributed by atoms with Crippen molar-refractivity contribution in [1.29, 1.82) is 0 Å². The summed E-state index contributed by atoms with van der Waals surface area (Å²) in [6.45, 7) is 3.69. The Labute approximate surface area is 114 Å². The third-order valence-corrected chi connectivity index (χ3v) is 3.75. The molecule has 0 bridgehead atoms. The quantitative estimate of drug-likeness (QED) is 0.840. The third kappa shape index (κ3) is 2.65. The van der Waals surface area contributed by atoms with Gasteiger partial charge in [0.2, 0.25) is 0 Å². The molecule has 3 heteroatoms. The van der Waals surface area contributed by atoms with E-state index in [0.717, 1.165) is 24.5 Å². The van der Waals surface area contributed by atoms with Gasteiger partial charge in [-0.15, -0.1) is 0 Å². The highest BCUT2D eigenvalue weighted by atomic mass is 16.5. The van der Waals surface area contributed by atoms with E-state index in [2.05, 4.69) is 16.5 Å². The molecular formula is C16H20N2O. The number of aromatic nitrogens is 2. The summed E-state index contributed by atoms with van der Waals surface area (Å²) in [4.78, 5) is 4.68. The second-order valence-electron chi connectivity index (χ2n) is 5.07. The number of hydrogen-bond donors (Lipinski definition) is 0. The number of imidazole rings is 1. The van der Waals surface area contributed by atoms with Gasteiger partial charge in [0.1, 0.15) is 18.2 Å². The van der Waals surface area contributed by atoms with E-state index < -0.39 is 0 Å². The lowest BCUT2D eigenvalue weighted by Crippen LogP contribution is -2.14. The minimum absolute atomic E-state index is 0.702. The van der Waals surface area contributed by atoms with Crippen molar-refractivity contribution in [3.63, 3.8) is 0 Å². The van der Waals surface area contributed by atoms with Crippen LogP contribution in [-0.4, -0.2) is 16.2 Å². The van der Waals surface area contributed by atoms with Crippen molar-refractivity contribution >= 4 is 0 Å². The molecule has 0 radical (unpaired) electrons. The van der Waals surface area contributed by atoms with Crippen LogP contribution < -0.4 is 4.74 Å². The molecule has 3 nitrogen and oxygen atoms in total. The summed E-state index contributed by atoms with van der Waals surface area (Å²) in [6, 6.07) is 10.00. The standard InChI is InChI=1S/C16H20N2O/c1-13-17-15-9-5-6-10-16(15)18(13)11-12-19-14-7-3-2-4-8-14/h2-4,7-8H,5-6,9-12H2,1H3. The topological polar surface area (TPSA) is 27.1 Å². The van der Waals surface area contributed by atoms with E-state index in [1.165, 1.54) is 30.7 Å². The number of hydrogen-bond acceptors (Lipinski definition) is 2. The van der Waals surface area contributed by atoms with Gasteiger partial charge in [0, 0.05) is 5.69 Å².